The third-order valence-electron chi connectivity index (χ3n) is 2.79. The maximum atomic E-state index is 9.63. The summed E-state index contributed by atoms with van der Waals surface area (Å²) in [6, 6.07) is 3.19. The molecule has 0 atom stereocenters. The molecule has 0 aliphatic carbocycles. The van der Waals surface area contributed by atoms with Gasteiger partial charge in [-0.05, 0) is 30.1 Å². The highest BCUT2D eigenvalue weighted by atomic mass is 16.5. The summed E-state index contributed by atoms with van der Waals surface area (Å²) in [5.41, 5.74) is 0.324. The first-order valence-corrected chi connectivity index (χ1v) is 5.57. The predicted molar refractivity (Wildman–Crippen MR) is 60.6 cm³/mol. The van der Waals surface area contributed by atoms with Crippen LogP contribution in [0.5, 0.6) is 5.75 Å². The van der Waals surface area contributed by atoms with E-state index >= 15 is 0 Å². The Morgan fingerprint density at radius 1 is 1.29 bits per heavy atom. The molecule has 6 heteroatoms. The summed E-state index contributed by atoms with van der Waals surface area (Å²) in [6.45, 7) is 1.90. The SMILES string of the molecule is Oc1cccnc1-c1nc(N2CCCC2)no1. The first-order chi connectivity index (χ1) is 8.34. The van der Waals surface area contributed by atoms with Crippen LogP contribution in [-0.2, 0) is 0 Å². The van der Waals surface area contributed by atoms with Crippen LogP contribution in [-0.4, -0.2) is 33.3 Å². The molecule has 6 nitrogen and oxygen atoms in total. The van der Waals surface area contributed by atoms with E-state index in [9.17, 15) is 5.11 Å². The first-order valence-electron chi connectivity index (χ1n) is 5.57. The van der Waals surface area contributed by atoms with Crippen molar-refractivity contribution in [1.82, 2.24) is 15.1 Å². The molecular weight excluding hydrogens is 220 g/mol. The van der Waals surface area contributed by atoms with E-state index in [0.717, 1.165) is 25.9 Å². The number of aromatic hydroxyl groups is 1. The smallest absolute Gasteiger partial charge is 0.281 e. The highest BCUT2D eigenvalue weighted by molar-refractivity contribution is 5.57. The number of anilines is 1. The van der Waals surface area contributed by atoms with E-state index in [1.54, 1.807) is 18.3 Å². The highest BCUT2D eigenvalue weighted by Gasteiger charge is 2.20. The third-order valence-corrected chi connectivity index (χ3v) is 2.79. The van der Waals surface area contributed by atoms with Gasteiger partial charge in [0.25, 0.3) is 11.8 Å². The van der Waals surface area contributed by atoms with Gasteiger partial charge in [-0.3, -0.25) is 0 Å². The van der Waals surface area contributed by atoms with Crippen LogP contribution >= 0.6 is 0 Å². The van der Waals surface area contributed by atoms with Gasteiger partial charge in [-0.1, -0.05) is 0 Å². The molecule has 0 spiro atoms. The summed E-state index contributed by atoms with van der Waals surface area (Å²) in [5, 5.41) is 13.5. The summed E-state index contributed by atoms with van der Waals surface area (Å²) < 4.78 is 5.12. The molecule has 1 N–H and O–H groups in total. The number of hydrogen-bond acceptors (Lipinski definition) is 6. The Labute approximate surface area is 97.9 Å². The molecule has 0 radical (unpaired) electrons. The second-order valence-corrected chi connectivity index (χ2v) is 3.96. The fraction of sp³-hybridized carbons (Fsp3) is 0.364. The van der Waals surface area contributed by atoms with Crippen molar-refractivity contribution >= 4 is 5.95 Å². The molecule has 17 heavy (non-hydrogen) atoms. The molecule has 2 aromatic rings. The molecule has 3 rings (SSSR count). The van der Waals surface area contributed by atoms with Crippen molar-refractivity contribution in [2.45, 2.75) is 12.8 Å². The van der Waals surface area contributed by atoms with Crippen LogP contribution in [0.15, 0.2) is 22.9 Å². The van der Waals surface area contributed by atoms with Crippen LogP contribution in [0.2, 0.25) is 0 Å². The van der Waals surface area contributed by atoms with Gasteiger partial charge in [0, 0.05) is 19.3 Å². The maximum absolute atomic E-state index is 9.63. The van der Waals surface area contributed by atoms with Gasteiger partial charge in [-0.25, -0.2) is 4.98 Å². The highest BCUT2D eigenvalue weighted by Crippen LogP contribution is 2.26. The molecule has 1 aliphatic heterocycles. The number of aromatic nitrogens is 3. The fourth-order valence-electron chi connectivity index (χ4n) is 1.92. The third kappa shape index (κ3) is 1.82. The Kier molecular flexibility index (Phi) is 2.40. The Balaban J connectivity index is 1.92. The molecule has 0 bridgehead atoms. The summed E-state index contributed by atoms with van der Waals surface area (Å²) in [6.07, 6.45) is 3.88. The van der Waals surface area contributed by atoms with E-state index in [0.29, 0.717) is 11.6 Å². The fourth-order valence-corrected chi connectivity index (χ4v) is 1.92. The van der Waals surface area contributed by atoms with E-state index < -0.39 is 0 Å². The molecule has 3 heterocycles. The average molecular weight is 232 g/mol. The minimum atomic E-state index is 0.0455. The molecule has 1 fully saturated rings. The van der Waals surface area contributed by atoms with Crippen molar-refractivity contribution in [2.24, 2.45) is 0 Å². The molecule has 1 saturated heterocycles. The van der Waals surface area contributed by atoms with Crippen LogP contribution in [0.25, 0.3) is 11.6 Å². The quantitative estimate of drug-likeness (QED) is 0.844. The van der Waals surface area contributed by atoms with Crippen molar-refractivity contribution in [1.29, 1.82) is 0 Å². The van der Waals surface area contributed by atoms with E-state index in [4.69, 9.17) is 4.52 Å². The second-order valence-electron chi connectivity index (χ2n) is 3.96. The molecular formula is C11H12N4O2. The normalized spacial score (nSPS) is 15.4. The molecule has 0 amide bonds. The minimum Gasteiger partial charge on any atom is -0.505 e. The van der Waals surface area contributed by atoms with Gasteiger partial charge in [-0.15, -0.1) is 0 Å². The second kappa shape index (κ2) is 4.04. The lowest BCUT2D eigenvalue weighted by Gasteiger charge is -2.09. The van der Waals surface area contributed by atoms with E-state index in [1.165, 1.54) is 0 Å². The van der Waals surface area contributed by atoms with Crippen LogP contribution in [0.4, 0.5) is 5.95 Å². The van der Waals surface area contributed by atoms with Crippen LogP contribution in [0.1, 0.15) is 12.8 Å². The first kappa shape index (κ1) is 10.1. The standard InChI is InChI=1S/C11H12N4O2/c16-8-4-3-5-12-9(8)10-13-11(14-17-10)15-6-1-2-7-15/h3-5,16H,1-2,6-7H2. The Morgan fingerprint density at radius 2 is 2.12 bits per heavy atom. The monoisotopic (exact) mass is 232 g/mol. The van der Waals surface area contributed by atoms with Crippen molar-refractivity contribution in [3.8, 4) is 17.3 Å². The Bertz CT molecular complexity index is 520. The summed E-state index contributed by atoms with van der Waals surface area (Å²) in [5.74, 6) is 0.872. The van der Waals surface area contributed by atoms with Crippen molar-refractivity contribution in [3.05, 3.63) is 18.3 Å². The Hall–Kier alpha value is -2.11. The number of pyridine rings is 1. The maximum Gasteiger partial charge on any atom is 0.281 e. The van der Waals surface area contributed by atoms with Crippen LogP contribution < -0.4 is 4.90 Å². The van der Waals surface area contributed by atoms with Gasteiger partial charge < -0.3 is 14.5 Å². The van der Waals surface area contributed by atoms with Gasteiger partial charge in [0.1, 0.15) is 5.75 Å². The molecule has 1 aliphatic rings. The van der Waals surface area contributed by atoms with Crippen LogP contribution in [0.3, 0.4) is 0 Å². The van der Waals surface area contributed by atoms with Gasteiger partial charge in [0.05, 0.1) is 0 Å². The number of hydrogen-bond donors (Lipinski definition) is 1. The van der Waals surface area contributed by atoms with E-state index in [2.05, 4.69) is 20.0 Å². The van der Waals surface area contributed by atoms with E-state index in [1.807, 2.05) is 0 Å². The topological polar surface area (TPSA) is 75.3 Å². The van der Waals surface area contributed by atoms with Gasteiger partial charge in [0.2, 0.25) is 0 Å². The lowest BCUT2D eigenvalue weighted by atomic mass is 10.3. The van der Waals surface area contributed by atoms with Crippen molar-refractivity contribution < 1.29 is 9.63 Å². The lowest BCUT2D eigenvalue weighted by molar-refractivity contribution is 0.421. The largest absolute Gasteiger partial charge is 0.505 e. The minimum absolute atomic E-state index is 0.0455. The number of rotatable bonds is 2. The predicted octanol–water partition coefficient (Wildman–Crippen LogP) is 1.44. The van der Waals surface area contributed by atoms with Crippen molar-refractivity contribution in [2.75, 3.05) is 18.0 Å². The van der Waals surface area contributed by atoms with Crippen LogP contribution in [0, 0.1) is 0 Å². The Morgan fingerprint density at radius 3 is 2.88 bits per heavy atom. The van der Waals surface area contributed by atoms with Gasteiger partial charge in [-0.2, -0.15) is 4.98 Å². The van der Waals surface area contributed by atoms with Gasteiger partial charge >= 0.3 is 0 Å². The lowest BCUT2D eigenvalue weighted by Crippen LogP contribution is -2.18. The average Bonchev–Trinajstić information content (AvgIpc) is 3.00. The number of nitrogens with zero attached hydrogens (tertiary/aromatic N) is 4. The molecule has 2 aromatic heterocycles. The molecule has 0 saturated carbocycles. The summed E-state index contributed by atoms with van der Waals surface area (Å²) in [7, 11) is 0. The zero-order valence-corrected chi connectivity index (χ0v) is 9.20. The summed E-state index contributed by atoms with van der Waals surface area (Å²) in [4.78, 5) is 10.3. The zero-order chi connectivity index (χ0) is 11.7. The molecule has 88 valence electrons. The van der Waals surface area contributed by atoms with Gasteiger partial charge in [0.15, 0.2) is 5.69 Å². The van der Waals surface area contributed by atoms with E-state index in [-0.39, 0.29) is 11.6 Å². The molecule has 0 aromatic carbocycles. The summed E-state index contributed by atoms with van der Waals surface area (Å²) >= 11 is 0. The van der Waals surface area contributed by atoms with Crippen molar-refractivity contribution in [3.63, 3.8) is 0 Å². The zero-order valence-electron chi connectivity index (χ0n) is 9.20. The molecule has 0 unspecified atom stereocenters.